The Morgan fingerprint density at radius 2 is 2.00 bits per heavy atom. The molecule has 1 unspecified atom stereocenters. The fraction of sp³-hybridized carbons (Fsp3) is 0.500. The minimum Gasteiger partial charge on any atom is -0.341 e. The van der Waals surface area contributed by atoms with Crippen LogP contribution in [0, 0.1) is 0 Å². The molecule has 1 aromatic carbocycles. The van der Waals surface area contributed by atoms with E-state index < -0.39 is 0 Å². The second-order valence-electron chi connectivity index (χ2n) is 5.99. The first-order valence-electron chi connectivity index (χ1n) is 8.24. The fourth-order valence-corrected chi connectivity index (χ4v) is 3.06. The maximum Gasteiger partial charge on any atom is 0.123 e. The molecule has 0 bridgehead atoms. The van der Waals surface area contributed by atoms with Crippen molar-refractivity contribution >= 4 is 0 Å². The lowest BCUT2D eigenvalue weighted by Gasteiger charge is -2.12. The van der Waals surface area contributed by atoms with Crippen molar-refractivity contribution in [3.05, 3.63) is 41.9 Å². The highest BCUT2D eigenvalue weighted by Gasteiger charge is 2.16. The van der Waals surface area contributed by atoms with Gasteiger partial charge in [0.05, 0.1) is 17.9 Å². The third kappa shape index (κ3) is 3.53. The molecule has 2 N–H and O–H groups in total. The van der Waals surface area contributed by atoms with Crippen LogP contribution in [0.2, 0.25) is 0 Å². The normalized spacial score (nSPS) is 19.4. The van der Waals surface area contributed by atoms with Gasteiger partial charge >= 0.3 is 0 Å². The number of H-pyrrole nitrogens is 1. The third-order valence-corrected chi connectivity index (χ3v) is 4.29. The van der Waals surface area contributed by atoms with Gasteiger partial charge in [0, 0.05) is 0 Å². The van der Waals surface area contributed by atoms with Crippen molar-refractivity contribution in [1.29, 1.82) is 0 Å². The molecular weight excluding hydrogens is 258 g/mol. The maximum absolute atomic E-state index is 4.60. The van der Waals surface area contributed by atoms with Crippen molar-refractivity contribution < 1.29 is 0 Å². The van der Waals surface area contributed by atoms with Gasteiger partial charge in [-0.3, -0.25) is 0 Å². The van der Waals surface area contributed by atoms with E-state index in [4.69, 9.17) is 0 Å². The second-order valence-corrected chi connectivity index (χ2v) is 5.99. The molecule has 3 heteroatoms. The molecule has 1 atom stereocenters. The number of hydrogen-bond donors (Lipinski definition) is 2. The molecule has 2 aromatic rings. The summed E-state index contributed by atoms with van der Waals surface area (Å²) in [5, 5.41) is 3.59. The predicted molar refractivity (Wildman–Crippen MR) is 87.2 cm³/mol. The first-order chi connectivity index (χ1) is 10.4. The average Bonchev–Trinajstić information content (AvgIpc) is 2.84. The van der Waals surface area contributed by atoms with Gasteiger partial charge < -0.3 is 10.3 Å². The zero-order chi connectivity index (χ0) is 14.5. The Morgan fingerprint density at radius 3 is 2.81 bits per heavy atom. The summed E-state index contributed by atoms with van der Waals surface area (Å²) in [6.45, 7) is 3.32. The smallest absolute Gasteiger partial charge is 0.123 e. The van der Waals surface area contributed by atoms with Gasteiger partial charge in [-0.25, -0.2) is 4.98 Å². The summed E-state index contributed by atoms with van der Waals surface area (Å²) < 4.78 is 0. The van der Waals surface area contributed by atoms with Crippen molar-refractivity contribution in [2.75, 3.05) is 6.54 Å². The highest BCUT2D eigenvalue weighted by Crippen LogP contribution is 2.24. The van der Waals surface area contributed by atoms with E-state index in [1.165, 1.54) is 43.2 Å². The first kappa shape index (κ1) is 14.3. The summed E-state index contributed by atoms with van der Waals surface area (Å²) in [5.74, 6) is 1.09. The Labute approximate surface area is 127 Å². The Kier molecular flexibility index (Phi) is 4.71. The zero-order valence-corrected chi connectivity index (χ0v) is 12.9. The number of benzene rings is 1. The quantitative estimate of drug-likeness (QED) is 0.881. The van der Waals surface area contributed by atoms with Crippen LogP contribution >= 0.6 is 0 Å². The minimum absolute atomic E-state index is 0.389. The number of aromatic amines is 1. The van der Waals surface area contributed by atoms with E-state index in [9.17, 15) is 0 Å². The van der Waals surface area contributed by atoms with Gasteiger partial charge in [0.25, 0.3) is 0 Å². The number of nitrogens with zero attached hydrogens (tertiary/aromatic N) is 1. The molecule has 0 saturated carbocycles. The lowest BCUT2D eigenvalue weighted by molar-refractivity contribution is 0.512. The number of aromatic nitrogens is 2. The highest BCUT2D eigenvalue weighted by molar-refractivity contribution is 5.58. The molecule has 1 aliphatic rings. The Morgan fingerprint density at radius 1 is 1.14 bits per heavy atom. The molecule has 1 saturated heterocycles. The van der Waals surface area contributed by atoms with Gasteiger partial charge in [-0.1, -0.05) is 50.5 Å². The second kappa shape index (κ2) is 6.90. The van der Waals surface area contributed by atoms with Crippen molar-refractivity contribution in [1.82, 2.24) is 15.3 Å². The highest BCUT2D eigenvalue weighted by atomic mass is 15.0. The Hall–Kier alpha value is -1.61. The van der Waals surface area contributed by atoms with Crippen LogP contribution in [0.1, 0.15) is 56.5 Å². The summed E-state index contributed by atoms with van der Waals surface area (Å²) in [6, 6.07) is 9.23. The largest absolute Gasteiger partial charge is 0.341 e. The van der Waals surface area contributed by atoms with Crippen molar-refractivity contribution in [2.24, 2.45) is 0 Å². The predicted octanol–water partition coefficient (Wildman–Crippen LogP) is 4.23. The summed E-state index contributed by atoms with van der Waals surface area (Å²) in [7, 11) is 0. The zero-order valence-electron chi connectivity index (χ0n) is 12.9. The molecule has 112 valence electrons. The number of aryl methyl sites for hydroxylation is 1. The van der Waals surface area contributed by atoms with E-state index in [0.29, 0.717) is 6.04 Å². The number of nitrogens with one attached hydrogen (secondary N) is 2. The van der Waals surface area contributed by atoms with Crippen LogP contribution in [0.3, 0.4) is 0 Å². The molecule has 1 fully saturated rings. The Bertz CT molecular complexity index is 548. The number of imidazole rings is 1. The van der Waals surface area contributed by atoms with Gasteiger partial charge in [0.2, 0.25) is 0 Å². The van der Waals surface area contributed by atoms with E-state index in [2.05, 4.69) is 46.5 Å². The summed E-state index contributed by atoms with van der Waals surface area (Å²) in [6.07, 6.45) is 9.40. The van der Waals surface area contributed by atoms with Crippen LogP contribution in [-0.4, -0.2) is 16.5 Å². The van der Waals surface area contributed by atoms with Gasteiger partial charge in [0.1, 0.15) is 5.82 Å². The van der Waals surface area contributed by atoms with Crippen LogP contribution < -0.4 is 5.32 Å². The van der Waals surface area contributed by atoms with Crippen LogP contribution in [-0.2, 0) is 6.42 Å². The van der Waals surface area contributed by atoms with E-state index in [1.54, 1.807) is 0 Å². The maximum atomic E-state index is 4.60. The monoisotopic (exact) mass is 283 g/mol. The van der Waals surface area contributed by atoms with Crippen LogP contribution in [0.25, 0.3) is 11.3 Å². The van der Waals surface area contributed by atoms with Crippen molar-refractivity contribution in [2.45, 2.75) is 51.5 Å². The lowest BCUT2D eigenvalue weighted by atomic mass is 10.1. The molecule has 1 aromatic heterocycles. The number of rotatable bonds is 4. The summed E-state index contributed by atoms with van der Waals surface area (Å²) in [5.41, 5.74) is 3.76. The van der Waals surface area contributed by atoms with Gasteiger partial charge in [-0.15, -0.1) is 0 Å². The molecule has 1 aliphatic heterocycles. The SMILES string of the molecule is CCCc1ccc(-c2cnc(C3CCCCCN3)[nH]2)cc1. The molecule has 3 rings (SSSR count). The van der Waals surface area contributed by atoms with E-state index in [-0.39, 0.29) is 0 Å². The topological polar surface area (TPSA) is 40.7 Å². The van der Waals surface area contributed by atoms with Gasteiger partial charge in [0.15, 0.2) is 0 Å². The average molecular weight is 283 g/mol. The van der Waals surface area contributed by atoms with Crippen LogP contribution in [0.4, 0.5) is 0 Å². The first-order valence-corrected chi connectivity index (χ1v) is 8.24. The molecule has 0 amide bonds. The molecule has 0 spiro atoms. The molecule has 2 heterocycles. The number of hydrogen-bond acceptors (Lipinski definition) is 2. The lowest BCUT2D eigenvalue weighted by Crippen LogP contribution is -2.21. The van der Waals surface area contributed by atoms with Gasteiger partial charge in [-0.05, 0) is 36.9 Å². The Balaban J connectivity index is 1.74. The van der Waals surface area contributed by atoms with Gasteiger partial charge in [-0.2, -0.15) is 0 Å². The molecule has 3 nitrogen and oxygen atoms in total. The summed E-state index contributed by atoms with van der Waals surface area (Å²) >= 11 is 0. The fourth-order valence-electron chi connectivity index (χ4n) is 3.06. The molecular formula is C18H25N3. The molecule has 21 heavy (non-hydrogen) atoms. The van der Waals surface area contributed by atoms with E-state index >= 15 is 0 Å². The molecule has 0 aliphatic carbocycles. The van der Waals surface area contributed by atoms with E-state index in [1.807, 2.05) is 6.20 Å². The van der Waals surface area contributed by atoms with Crippen LogP contribution in [0.5, 0.6) is 0 Å². The minimum atomic E-state index is 0.389. The molecule has 0 radical (unpaired) electrons. The van der Waals surface area contributed by atoms with E-state index in [0.717, 1.165) is 24.5 Å². The standard InChI is InChI=1S/C18H25N3/c1-2-6-14-8-10-15(11-9-14)17-13-20-18(21-17)16-7-4-3-5-12-19-16/h8-11,13,16,19H,2-7,12H2,1H3,(H,20,21). The third-order valence-electron chi connectivity index (χ3n) is 4.29. The van der Waals surface area contributed by atoms with Crippen LogP contribution in [0.15, 0.2) is 30.5 Å². The summed E-state index contributed by atoms with van der Waals surface area (Å²) in [4.78, 5) is 8.10. The van der Waals surface area contributed by atoms with Crippen molar-refractivity contribution in [3.63, 3.8) is 0 Å². The van der Waals surface area contributed by atoms with Crippen molar-refractivity contribution in [3.8, 4) is 11.3 Å².